The molecule has 1 aromatic rings. The van der Waals surface area contributed by atoms with Gasteiger partial charge < -0.3 is 10.4 Å². The molecule has 0 spiro atoms. The molecule has 1 aliphatic rings. The SMILES string of the molecule is Cc1csc(CN[C@@H]2CCCC[C@H]2O)n1. The molecule has 15 heavy (non-hydrogen) atoms. The molecule has 2 rings (SSSR count). The van der Waals surface area contributed by atoms with Crippen molar-refractivity contribution in [2.24, 2.45) is 0 Å². The van der Waals surface area contributed by atoms with Gasteiger partial charge in [-0.1, -0.05) is 12.8 Å². The van der Waals surface area contributed by atoms with E-state index in [1.54, 1.807) is 11.3 Å². The Morgan fingerprint density at radius 2 is 2.33 bits per heavy atom. The van der Waals surface area contributed by atoms with Gasteiger partial charge in [0.25, 0.3) is 0 Å². The van der Waals surface area contributed by atoms with E-state index in [2.05, 4.69) is 15.7 Å². The summed E-state index contributed by atoms with van der Waals surface area (Å²) in [6.07, 6.45) is 4.25. The highest BCUT2D eigenvalue weighted by Gasteiger charge is 2.22. The Labute approximate surface area is 94.5 Å². The maximum absolute atomic E-state index is 9.77. The second kappa shape index (κ2) is 5.05. The lowest BCUT2D eigenvalue weighted by molar-refractivity contribution is 0.0902. The van der Waals surface area contributed by atoms with Gasteiger partial charge in [-0.3, -0.25) is 0 Å². The quantitative estimate of drug-likeness (QED) is 0.826. The minimum Gasteiger partial charge on any atom is -0.392 e. The standard InChI is InChI=1S/C11H18N2OS/c1-8-7-15-11(13-8)6-12-9-4-2-3-5-10(9)14/h7,9-10,12,14H,2-6H2,1H3/t9-,10-/m1/s1. The van der Waals surface area contributed by atoms with Crippen LogP contribution in [0.1, 0.15) is 36.4 Å². The fourth-order valence-electron chi connectivity index (χ4n) is 2.05. The van der Waals surface area contributed by atoms with Gasteiger partial charge in [-0.15, -0.1) is 11.3 Å². The minimum absolute atomic E-state index is 0.167. The first-order valence-corrected chi connectivity index (χ1v) is 6.46. The van der Waals surface area contributed by atoms with E-state index in [4.69, 9.17) is 0 Å². The number of aromatic nitrogens is 1. The topological polar surface area (TPSA) is 45.1 Å². The zero-order valence-corrected chi connectivity index (χ0v) is 9.89. The molecular weight excluding hydrogens is 208 g/mol. The summed E-state index contributed by atoms with van der Waals surface area (Å²) in [6, 6.07) is 0.267. The smallest absolute Gasteiger partial charge is 0.107 e. The van der Waals surface area contributed by atoms with Gasteiger partial charge in [0.05, 0.1) is 6.10 Å². The van der Waals surface area contributed by atoms with Crippen LogP contribution in [0.5, 0.6) is 0 Å². The Hall–Kier alpha value is -0.450. The predicted molar refractivity (Wildman–Crippen MR) is 62.0 cm³/mol. The zero-order chi connectivity index (χ0) is 10.7. The maximum Gasteiger partial charge on any atom is 0.107 e. The molecule has 0 bridgehead atoms. The van der Waals surface area contributed by atoms with Crippen molar-refractivity contribution in [3.63, 3.8) is 0 Å². The Kier molecular flexibility index (Phi) is 3.72. The summed E-state index contributed by atoms with van der Waals surface area (Å²) >= 11 is 1.68. The van der Waals surface area contributed by atoms with Crippen LogP contribution in [0.2, 0.25) is 0 Å². The molecule has 2 atom stereocenters. The van der Waals surface area contributed by atoms with Crippen LogP contribution in [0.3, 0.4) is 0 Å². The van der Waals surface area contributed by atoms with Gasteiger partial charge in [-0.2, -0.15) is 0 Å². The molecule has 0 unspecified atom stereocenters. The molecule has 0 aromatic carbocycles. The minimum atomic E-state index is -0.167. The first kappa shape index (κ1) is 11.0. The van der Waals surface area contributed by atoms with Crippen molar-refractivity contribution in [1.29, 1.82) is 0 Å². The third kappa shape index (κ3) is 3.00. The van der Waals surface area contributed by atoms with Crippen molar-refractivity contribution in [3.8, 4) is 0 Å². The van der Waals surface area contributed by atoms with Gasteiger partial charge in [0, 0.05) is 23.7 Å². The highest BCUT2D eigenvalue weighted by Crippen LogP contribution is 2.19. The van der Waals surface area contributed by atoms with Gasteiger partial charge in [0.15, 0.2) is 0 Å². The number of hydrogen-bond donors (Lipinski definition) is 2. The fraction of sp³-hybridized carbons (Fsp3) is 0.727. The number of rotatable bonds is 3. The number of aliphatic hydroxyl groups excluding tert-OH is 1. The number of thiazole rings is 1. The van der Waals surface area contributed by atoms with Crippen LogP contribution in [0, 0.1) is 6.92 Å². The number of nitrogens with one attached hydrogen (secondary N) is 1. The largest absolute Gasteiger partial charge is 0.392 e. The number of aliphatic hydroxyl groups is 1. The monoisotopic (exact) mass is 226 g/mol. The molecule has 3 nitrogen and oxygen atoms in total. The molecule has 0 saturated heterocycles. The van der Waals surface area contributed by atoms with E-state index in [1.807, 2.05) is 6.92 Å². The molecule has 1 aromatic heterocycles. The first-order chi connectivity index (χ1) is 7.25. The van der Waals surface area contributed by atoms with E-state index in [0.29, 0.717) is 0 Å². The summed E-state index contributed by atoms with van der Waals surface area (Å²) in [4.78, 5) is 4.39. The van der Waals surface area contributed by atoms with Crippen LogP contribution in [0.25, 0.3) is 0 Å². The van der Waals surface area contributed by atoms with Crippen LogP contribution >= 0.6 is 11.3 Å². The molecule has 84 valence electrons. The van der Waals surface area contributed by atoms with Crippen LogP contribution in [-0.4, -0.2) is 22.2 Å². The van der Waals surface area contributed by atoms with Crippen LogP contribution in [0.4, 0.5) is 0 Å². The Morgan fingerprint density at radius 3 is 3.00 bits per heavy atom. The summed E-state index contributed by atoms with van der Waals surface area (Å²) in [5.74, 6) is 0. The number of aryl methyl sites for hydroxylation is 1. The molecule has 4 heteroatoms. The third-order valence-corrected chi connectivity index (χ3v) is 3.88. The van der Waals surface area contributed by atoms with Gasteiger partial charge in [0.2, 0.25) is 0 Å². The van der Waals surface area contributed by atoms with Gasteiger partial charge >= 0.3 is 0 Å². The summed E-state index contributed by atoms with van der Waals surface area (Å²) in [5, 5.41) is 16.4. The van der Waals surface area contributed by atoms with Crippen LogP contribution in [-0.2, 0) is 6.54 Å². The first-order valence-electron chi connectivity index (χ1n) is 5.58. The highest BCUT2D eigenvalue weighted by atomic mass is 32.1. The van der Waals surface area contributed by atoms with Crippen molar-refractivity contribution >= 4 is 11.3 Å². The van der Waals surface area contributed by atoms with E-state index in [9.17, 15) is 5.11 Å². The van der Waals surface area contributed by atoms with Crippen molar-refractivity contribution in [1.82, 2.24) is 10.3 Å². The van der Waals surface area contributed by atoms with Crippen LogP contribution < -0.4 is 5.32 Å². The molecule has 1 fully saturated rings. The molecule has 0 radical (unpaired) electrons. The Morgan fingerprint density at radius 1 is 1.53 bits per heavy atom. The van der Waals surface area contributed by atoms with E-state index < -0.39 is 0 Å². The average Bonchev–Trinajstić information content (AvgIpc) is 2.63. The van der Waals surface area contributed by atoms with Gasteiger partial charge in [0.1, 0.15) is 5.01 Å². The normalized spacial score (nSPS) is 26.8. The lowest BCUT2D eigenvalue weighted by Gasteiger charge is -2.28. The van der Waals surface area contributed by atoms with Crippen molar-refractivity contribution in [2.45, 2.75) is 51.3 Å². The maximum atomic E-state index is 9.77. The van der Waals surface area contributed by atoms with Gasteiger partial charge in [-0.25, -0.2) is 4.98 Å². The lowest BCUT2D eigenvalue weighted by Crippen LogP contribution is -2.41. The molecular formula is C11H18N2OS. The highest BCUT2D eigenvalue weighted by molar-refractivity contribution is 7.09. The molecule has 2 N–H and O–H groups in total. The molecule has 1 saturated carbocycles. The zero-order valence-electron chi connectivity index (χ0n) is 9.07. The fourth-order valence-corrected chi connectivity index (χ4v) is 2.77. The number of nitrogens with zero attached hydrogens (tertiary/aromatic N) is 1. The third-order valence-electron chi connectivity index (χ3n) is 2.91. The van der Waals surface area contributed by atoms with Crippen molar-refractivity contribution < 1.29 is 5.11 Å². The van der Waals surface area contributed by atoms with E-state index >= 15 is 0 Å². The number of hydrogen-bond acceptors (Lipinski definition) is 4. The summed E-state index contributed by atoms with van der Waals surface area (Å²) in [7, 11) is 0. The van der Waals surface area contributed by atoms with E-state index in [-0.39, 0.29) is 12.1 Å². The molecule has 1 heterocycles. The Bertz CT molecular complexity index is 313. The molecule has 0 amide bonds. The Balaban J connectivity index is 1.81. The van der Waals surface area contributed by atoms with Crippen molar-refractivity contribution in [2.75, 3.05) is 0 Å². The van der Waals surface area contributed by atoms with E-state index in [0.717, 1.165) is 36.5 Å². The second-order valence-corrected chi connectivity index (χ2v) is 5.16. The summed E-state index contributed by atoms with van der Waals surface area (Å²) in [6.45, 7) is 2.80. The van der Waals surface area contributed by atoms with E-state index in [1.165, 1.54) is 6.42 Å². The molecule has 0 aliphatic heterocycles. The second-order valence-electron chi connectivity index (χ2n) is 4.22. The van der Waals surface area contributed by atoms with Gasteiger partial charge in [-0.05, 0) is 19.8 Å². The van der Waals surface area contributed by atoms with Crippen molar-refractivity contribution in [3.05, 3.63) is 16.1 Å². The predicted octanol–water partition coefficient (Wildman–Crippen LogP) is 1.84. The molecule has 1 aliphatic carbocycles. The lowest BCUT2D eigenvalue weighted by atomic mass is 9.93. The average molecular weight is 226 g/mol. The van der Waals surface area contributed by atoms with Crippen LogP contribution in [0.15, 0.2) is 5.38 Å². The summed E-state index contributed by atoms with van der Waals surface area (Å²) in [5.41, 5.74) is 1.08. The summed E-state index contributed by atoms with van der Waals surface area (Å²) < 4.78 is 0.